The number of hydrogen-bond donors (Lipinski definition) is 1. The second kappa shape index (κ2) is 8.92. The first-order valence-electron chi connectivity index (χ1n) is 9.40. The lowest BCUT2D eigenvalue weighted by atomic mass is 10.2. The van der Waals surface area contributed by atoms with Crippen molar-refractivity contribution >= 4 is 46.6 Å². The first-order valence-corrected chi connectivity index (χ1v) is 10.6. The normalized spacial score (nSPS) is 14.3. The Morgan fingerprint density at radius 3 is 2.18 bits per heavy atom. The third-order valence-electron chi connectivity index (χ3n) is 4.63. The molecule has 0 unspecified atom stereocenters. The number of carbonyl (C=O) groups is 2. The predicted molar refractivity (Wildman–Crippen MR) is 118 cm³/mol. The van der Waals surface area contributed by atoms with E-state index in [9.17, 15) is 27.2 Å². The molecule has 1 aliphatic rings. The van der Waals surface area contributed by atoms with Crippen LogP contribution in [-0.4, -0.2) is 11.8 Å². The highest BCUT2D eigenvalue weighted by atomic mass is 35.5. The summed E-state index contributed by atoms with van der Waals surface area (Å²) in [5, 5.41) is 2.60. The van der Waals surface area contributed by atoms with Gasteiger partial charge in [-0.05, 0) is 54.6 Å². The Morgan fingerprint density at radius 2 is 1.55 bits per heavy atom. The fourth-order valence-corrected chi connectivity index (χ4v) is 4.23. The Labute approximate surface area is 194 Å². The number of imide groups is 1. The Hall–Kier alpha value is -3.30. The summed E-state index contributed by atoms with van der Waals surface area (Å²) >= 11 is 7.06. The van der Waals surface area contributed by atoms with Crippen LogP contribution in [-0.2, 0) is 15.8 Å². The van der Waals surface area contributed by atoms with Crippen LogP contribution < -0.4 is 10.2 Å². The van der Waals surface area contributed by atoms with Crippen LogP contribution in [0.5, 0.6) is 0 Å². The molecule has 0 spiro atoms. The van der Waals surface area contributed by atoms with Crippen molar-refractivity contribution in [2.45, 2.75) is 11.1 Å². The van der Waals surface area contributed by atoms with Crippen molar-refractivity contribution < 1.29 is 27.2 Å². The van der Waals surface area contributed by atoms with E-state index in [4.69, 9.17) is 11.6 Å². The van der Waals surface area contributed by atoms with Crippen molar-refractivity contribution in [1.82, 2.24) is 0 Å². The quantitative estimate of drug-likeness (QED) is 0.327. The van der Waals surface area contributed by atoms with E-state index in [0.717, 1.165) is 36.0 Å². The third-order valence-corrected chi connectivity index (χ3v) is 6.04. The van der Waals surface area contributed by atoms with E-state index in [0.29, 0.717) is 21.5 Å². The van der Waals surface area contributed by atoms with Crippen molar-refractivity contribution in [3.05, 3.63) is 99.8 Å². The van der Waals surface area contributed by atoms with Gasteiger partial charge in [0.2, 0.25) is 0 Å². The number of rotatable bonds is 5. The maximum atomic E-state index is 13.3. The summed E-state index contributed by atoms with van der Waals surface area (Å²) in [6, 6.07) is 16.1. The average molecular weight is 493 g/mol. The van der Waals surface area contributed by atoms with E-state index in [1.54, 1.807) is 30.3 Å². The van der Waals surface area contributed by atoms with Gasteiger partial charge in [0.15, 0.2) is 0 Å². The minimum atomic E-state index is -4.70. The van der Waals surface area contributed by atoms with E-state index >= 15 is 0 Å². The zero-order valence-corrected chi connectivity index (χ0v) is 18.1. The molecule has 0 aliphatic carbocycles. The molecule has 1 aliphatic heterocycles. The van der Waals surface area contributed by atoms with E-state index in [1.165, 1.54) is 12.1 Å². The summed E-state index contributed by atoms with van der Waals surface area (Å²) in [6.07, 6.45) is -4.70. The topological polar surface area (TPSA) is 49.4 Å². The number of amides is 2. The molecule has 168 valence electrons. The molecule has 0 saturated heterocycles. The Kier molecular flexibility index (Phi) is 6.18. The van der Waals surface area contributed by atoms with Gasteiger partial charge in [0.05, 0.1) is 16.3 Å². The number of alkyl halides is 3. The molecule has 3 aromatic carbocycles. The highest BCUT2D eigenvalue weighted by Crippen LogP contribution is 2.41. The van der Waals surface area contributed by atoms with Crippen molar-refractivity contribution in [2.75, 3.05) is 10.2 Å². The fourth-order valence-electron chi connectivity index (χ4n) is 3.08. The van der Waals surface area contributed by atoms with Gasteiger partial charge in [0, 0.05) is 10.6 Å². The summed E-state index contributed by atoms with van der Waals surface area (Å²) in [6.45, 7) is 0. The van der Waals surface area contributed by atoms with Crippen LogP contribution >= 0.6 is 23.4 Å². The highest BCUT2D eigenvalue weighted by molar-refractivity contribution is 8.04. The van der Waals surface area contributed by atoms with Gasteiger partial charge in [-0.15, -0.1) is 0 Å². The highest BCUT2D eigenvalue weighted by Gasteiger charge is 2.42. The molecule has 0 atom stereocenters. The molecule has 0 radical (unpaired) electrons. The fraction of sp³-hybridized carbons (Fsp3) is 0.0435. The second-order valence-electron chi connectivity index (χ2n) is 6.86. The van der Waals surface area contributed by atoms with Crippen LogP contribution in [0.3, 0.4) is 0 Å². The Balaban J connectivity index is 1.78. The zero-order chi connectivity index (χ0) is 23.8. The molecule has 0 aromatic heterocycles. The minimum absolute atomic E-state index is 0.0380. The molecule has 33 heavy (non-hydrogen) atoms. The Bertz CT molecular complexity index is 1260. The van der Waals surface area contributed by atoms with Gasteiger partial charge in [-0.1, -0.05) is 41.6 Å². The number of benzene rings is 3. The number of halogens is 5. The largest absolute Gasteiger partial charge is 0.416 e. The third kappa shape index (κ3) is 4.74. The first kappa shape index (κ1) is 22.9. The van der Waals surface area contributed by atoms with Gasteiger partial charge in [-0.3, -0.25) is 9.59 Å². The van der Waals surface area contributed by atoms with Gasteiger partial charge < -0.3 is 5.32 Å². The van der Waals surface area contributed by atoms with E-state index in [1.807, 2.05) is 0 Å². The SMILES string of the molecule is O=C1C(Nc2ccc(F)cc2)=C(Sc2ccccc2)C(=O)N1c1cc(C(F)(F)F)ccc1Cl. The van der Waals surface area contributed by atoms with Gasteiger partial charge in [0.25, 0.3) is 11.8 Å². The van der Waals surface area contributed by atoms with Crippen LogP contribution in [0.25, 0.3) is 0 Å². The Morgan fingerprint density at radius 1 is 0.879 bits per heavy atom. The van der Waals surface area contributed by atoms with E-state index in [2.05, 4.69) is 5.32 Å². The molecule has 0 saturated carbocycles. The number of nitrogens with zero attached hydrogens (tertiary/aromatic N) is 1. The van der Waals surface area contributed by atoms with Gasteiger partial charge in [-0.25, -0.2) is 9.29 Å². The molecular weight excluding hydrogens is 480 g/mol. The number of carbonyl (C=O) groups excluding carboxylic acids is 2. The lowest BCUT2D eigenvalue weighted by molar-refractivity contribution is -0.137. The summed E-state index contributed by atoms with van der Waals surface area (Å²) in [5.41, 5.74) is -1.28. The molecule has 1 heterocycles. The van der Waals surface area contributed by atoms with Crippen LogP contribution in [0.15, 0.2) is 88.3 Å². The van der Waals surface area contributed by atoms with Gasteiger partial charge in [-0.2, -0.15) is 13.2 Å². The van der Waals surface area contributed by atoms with Crippen LogP contribution in [0.4, 0.5) is 28.9 Å². The lowest BCUT2D eigenvalue weighted by Gasteiger charge is -2.18. The maximum absolute atomic E-state index is 13.3. The molecule has 4 rings (SSSR count). The summed E-state index contributed by atoms with van der Waals surface area (Å²) < 4.78 is 53.0. The molecule has 0 bridgehead atoms. The van der Waals surface area contributed by atoms with Crippen molar-refractivity contribution in [3.8, 4) is 0 Å². The monoisotopic (exact) mass is 492 g/mol. The molecule has 2 amide bonds. The van der Waals surface area contributed by atoms with E-state index in [-0.39, 0.29) is 21.3 Å². The smallest absolute Gasteiger partial charge is 0.350 e. The number of thioether (sulfide) groups is 1. The lowest BCUT2D eigenvalue weighted by Crippen LogP contribution is -2.33. The number of anilines is 2. The zero-order valence-electron chi connectivity index (χ0n) is 16.5. The van der Waals surface area contributed by atoms with Crippen molar-refractivity contribution in [3.63, 3.8) is 0 Å². The molecular formula is C23H13ClF4N2O2S. The summed E-state index contributed by atoms with van der Waals surface area (Å²) in [5.74, 6) is -2.22. The maximum Gasteiger partial charge on any atom is 0.416 e. The number of nitrogens with one attached hydrogen (secondary N) is 1. The van der Waals surface area contributed by atoms with Crippen molar-refractivity contribution in [1.29, 1.82) is 0 Å². The molecule has 10 heteroatoms. The van der Waals surface area contributed by atoms with Crippen LogP contribution in [0.2, 0.25) is 5.02 Å². The molecule has 4 nitrogen and oxygen atoms in total. The molecule has 1 N–H and O–H groups in total. The average Bonchev–Trinajstić information content (AvgIpc) is 2.99. The summed E-state index contributed by atoms with van der Waals surface area (Å²) in [7, 11) is 0. The summed E-state index contributed by atoms with van der Waals surface area (Å²) in [4.78, 5) is 27.7. The second-order valence-corrected chi connectivity index (χ2v) is 8.35. The molecule has 0 fully saturated rings. The standard InChI is InChI=1S/C23H13ClF4N2O2S/c24-17-11-6-13(23(26,27)28)12-18(17)30-21(31)19(29-15-9-7-14(25)8-10-15)20(22(30)32)33-16-4-2-1-3-5-16/h1-12,29H. The molecule has 3 aromatic rings. The van der Waals surface area contributed by atoms with Crippen LogP contribution in [0.1, 0.15) is 5.56 Å². The first-order chi connectivity index (χ1) is 15.6. The predicted octanol–water partition coefficient (Wildman–Crippen LogP) is 6.49. The van der Waals surface area contributed by atoms with Gasteiger partial charge in [0.1, 0.15) is 16.4 Å². The van der Waals surface area contributed by atoms with Crippen molar-refractivity contribution in [2.24, 2.45) is 0 Å². The number of hydrogen-bond acceptors (Lipinski definition) is 4. The van der Waals surface area contributed by atoms with E-state index < -0.39 is 29.4 Å². The van der Waals surface area contributed by atoms with Crippen LogP contribution in [0, 0.1) is 5.82 Å². The minimum Gasteiger partial charge on any atom is -0.350 e. The van der Waals surface area contributed by atoms with Gasteiger partial charge >= 0.3 is 6.18 Å².